The van der Waals surface area contributed by atoms with Gasteiger partial charge in [-0.2, -0.15) is 0 Å². The maximum Gasteiger partial charge on any atom is 0.171 e. The van der Waals surface area contributed by atoms with Crippen molar-refractivity contribution in [3.63, 3.8) is 0 Å². The molecule has 1 heterocycles. The number of thioether (sulfide) groups is 1. The molecule has 4 N–H and O–H groups in total. The van der Waals surface area contributed by atoms with E-state index in [9.17, 15) is 0 Å². The van der Waals surface area contributed by atoms with Crippen molar-refractivity contribution in [1.82, 2.24) is 4.98 Å². The standard InChI is InChI=1S/C10H15N3O2S/c1-7(4-5-14)16-9-3-2-8(6-12-9)10(11)13-15/h2-3,6-7,14-15H,4-5H2,1H3,(H2,11,13). The molecular weight excluding hydrogens is 226 g/mol. The minimum absolute atomic E-state index is 0.0486. The number of nitrogens with zero attached hydrogens (tertiary/aromatic N) is 2. The normalized spacial score (nSPS) is 13.8. The largest absolute Gasteiger partial charge is 0.409 e. The van der Waals surface area contributed by atoms with E-state index in [1.807, 2.05) is 13.0 Å². The van der Waals surface area contributed by atoms with Gasteiger partial charge in [0, 0.05) is 23.6 Å². The lowest BCUT2D eigenvalue weighted by Crippen LogP contribution is -2.13. The van der Waals surface area contributed by atoms with Crippen LogP contribution in [0.15, 0.2) is 28.5 Å². The summed E-state index contributed by atoms with van der Waals surface area (Å²) in [7, 11) is 0. The Kier molecular flexibility index (Phi) is 5.07. The van der Waals surface area contributed by atoms with Gasteiger partial charge in [-0.1, -0.05) is 12.1 Å². The number of aliphatic hydroxyl groups excluding tert-OH is 1. The maximum atomic E-state index is 8.77. The van der Waals surface area contributed by atoms with Crippen LogP contribution in [-0.2, 0) is 0 Å². The summed E-state index contributed by atoms with van der Waals surface area (Å²) in [6, 6.07) is 3.56. The van der Waals surface area contributed by atoms with Crippen LogP contribution in [0, 0.1) is 0 Å². The fraction of sp³-hybridized carbons (Fsp3) is 0.400. The Morgan fingerprint density at radius 1 is 1.62 bits per heavy atom. The summed E-state index contributed by atoms with van der Waals surface area (Å²) in [6.45, 7) is 2.20. The predicted octanol–water partition coefficient (Wildman–Crippen LogP) is 1.04. The topological polar surface area (TPSA) is 91.7 Å². The summed E-state index contributed by atoms with van der Waals surface area (Å²) in [4.78, 5) is 4.18. The van der Waals surface area contributed by atoms with E-state index in [-0.39, 0.29) is 12.4 Å². The highest BCUT2D eigenvalue weighted by atomic mass is 32.2. The van der Waals surface area contributed by atoms with Crippen molar-refractivity contribution < 1.29 is 10.3 Å². The van der Waals surface area contributed by atoms with E-state index in [4.69, 9.17) is 16.0 Å². The molecule has 0 saturated carbocycles. The van der Waals surface area contributed by atoms with E-state index >= 15 is 0 Å². The first-order chi connectivity index (χ1) is 7.67. The fourth-order valence-corrected chi connectivity index (χ4v) is 2.00. The minimum Gasteiger partial charge on any atom is -0.409 e. The van der Waals surface area contributed by atoms with E-state index < -0.39 is 0 Å². The molecule has 1 aromatic rings. The van der Waals surface area contributed by atoms with Crippen molar-refractivity contribution in [3.05, 3.63) is 23.9 Å². The first kappa shape index (κ1) is 12.8. The number of hydrogen-bond donors (Lipinski definition) is 3. The first-order valence-electron chi connectivity index (χ1n) is 4.89. The Balaban J connectivity index is 2.64. The molecule has 16 heavy (non-hydrogen) atoms. The van der Waals surface area contributed by atoms with Gasteiger partial charge in [0.2, 0.25) is 0 Å². The number of amidine groups is 1. The molecule has 0 aliphatic heterocycles. The second kappa shape index (κ2) is 6.34. The van der Waals surface area contributed by atoms with Crippen molar-refractivity contribution in [3.8, 4) is 0 Å². The van der Waals surface area contributed by atoms with Crippen LogP contribution in [-0.4, -0.2) is 33.0 Å². The van der Waals surface area contributed by atoms with E-state index in [0.717, 1.165) is 11.4 Å². The van der Waals surface area contributed by atoms with Crippen LogP contribution in [0.3, 0.4) is 0 Å². The molecular formula is C10H15N3O2S. The highest BCUT2D eigenvalue weighted by Gasteiger charge is 2.05. The number of aliphatic hydroxyl groups is 1. The van der Waals surface area contributed by atoms with Crippen molar-refractivity contribution in [1.29, 1.82) is 0 Å². The lowest BCUT2D eigenvalue weighted by atomic mass is 10.3. The van der Waals surface area contributed by atoms with Crippen LogP contribution < -0.4 is 5.73 Å². The van der Waals surface area contributed by atoms with Crippen molar-refractivity contribution in [2.45, 2.75) is 23.6 Å². The van der Waals surface area contributed by atoms with E-state index in [1.165, 1.54) is 0 Å². The van der Waals surface area contributed by atoms with Crippen LogP contribution in [0.25, 0.3) is 0 Å². The van der Waals surface area contributed by atoms with Crippen LogP contribution in [0.1, 0.15) is 18.9 Å². The summed E-state index contributed by atoms with van der Waals surface area (Å²) in [6.07, 6.45) is 2.29. The summed E-state index contributed by atoms with van der Waals surface area (Å²) in [5.74, 6) is 0.0486. The third-order valence-electron chi connectivity index (χ3n) is 2.00. The average Bonchev–Trinajstić information content (AvgIpc) is 2.29. The lowest BCUT2D eigenvalue weighted by molar-refractivity contribution is 0.289. The molecule has 0 aliphatic carbocycles. The molecule has 1 atom stereocenters. The molecule has 0 bridgehead atoms. The zero-order valence-corrected chi connectivity index (χ0v) is 9.81. The van der Waals surface area contributed by atoms with Gasteiger partial charge in [-0.3, -0.25) is 0 Å². The molecule has 88 valence electrons. The molecule has 0 saturated heterocycles. The van der Waals surface area contributed by atoms with Gasteiger partial charge in [0.25, 0.3) is 0 Å². The summed E-state index contributed by atoms with van der Waals surface area (Å²) < 4.78 is 0. The van der Waals surface area contributed by atoms with Crippen molar-refractivity contribution in [2.24, 2.45) is 10.9 Å². The van der Waals surface area contributed by atoms with Crippen molar-refractivity contribution >= 4 is 17.6 Å². The van der Waals surface area contributed by atoms with E-state index in [2.05, 4.69) is 10.1 Å². The summed E-state index contributed by atoms with van der Waals surface area (Å²) in [5.41, 5.74) is 6.00. The van der Waals surface area contributed by atoms with Crippen LogP contribution in [0.4, 0.5) is 0 Å². The number of rotatable bonds is 5. The third-order valence-corrected chi connectivity index (χ3v) is 3.12. The quantitative estimate of drug-likeness (QED) is 0.235. The fourth-order valence-electron chi connectivity index (χ4n) is 1.11. The van der Waals surface area contributed by atoms with E-state index in [1.54, 1.807) is 24.0 Å². The Morgan fingerprint density at radius 2 is 2.38 bits per heavy atom. The Bertz CT molecular complexity index is 354. The number of oxime groups is 1. The van der Waals surface area contributed by atoms with Gasteiger partial charge in [0.15, 0.2) is 5.84 Å². The Morgan fingerprint density at radius 3 is 2.88 bits per heavy atom. The molecule has 0 spiro atoms. The average molecular weight is 241 g/mol. The van der Waals surface area contributed by atoms with Crippen molar-refractivity contribution in [2.75, 3.05) is 6.61 Å². The van der Waals surface area contributed by atoms with E-state index in [0.29, 0.717) is 10.8 Å². The van der Waals surface area contributed by atoms with Gasteiger partial charge in [0.1, 0.15) is 0 Å². The predicted molar refractivity (Wildman–Crippen MR) is 63.8 cm³/mol. The third kappa shape index (κ3) is 3.71. The zero-order chi connectivity index (χ0) is 12.0. The van der Waals surface area contributed by atoms with Gasteiger partial charge in [-0.05, 0) is 18.6 Å². The maximum absolute atomic E-state index is 8.77. The zero-order valence-electron chi connectivity index (χ0n) is 9.00. The van der Waals surface area contributed by atoms with Crippen LogP contribution in [0.2, 0.25) is 0 Å². The summed E-state index contributed by atoms with van der Waals surface area (Å²) >= 11 is 1.58. The molecule has 1 unspecified atom stereocenters. The highest BCUT2D eigenvalue weighted by Crippen LogP contribution is 2.22. The molecule has 0 aromatic carbocycles. The molecule has 0 fully saturated rings. The number of nitrogens with two attached hydrogens (primary N) is 1. The van der Waals surface area contributed by atoms with Crippen LogP contribution >= 0.6 is 11.8 Å². The highest BCUT2D eigenvalue weighted by molar-refractivity contribution is 7.99. The Hall–Kier alpha value is -1.27. The molecule has 0 aliphatic rings. The van der Waals surface area contributed by atoms with Gasteiger partial charge >= 0.3 is 0 Å². The van der Waals surface area contributed by atoms with Gasteiger partial charge in [-0.25, -0.2) is 4.98 Å². The number of hydrogen-bond acceptors (Lipinski definition) is 5. The molecule has 1 rings (SSSR count). The summed E-state index contributed by atoms with van der Waals surface area (Å²) in [5, 5.41) is 21.3. The molecule has 0 amide bonds. The molecule has 1 aromatic heterocycles. The first-order valence-corrected chi connectivity index (χ1v) is 5.76. The van der Waals surface area contributed by atoms with Crippen LogP contribution in [0.5, 0.6) is 0 Å². The monoisotopic (exact) mass is 241 g/mol. The van der Waals surface area contributed by atoms with Gasteiger partial charge < -0.3 is 16.0 Å². The number of aromatic nitrogens is 1. The SMILES string of the molecule is CC(CCO)Sc1ccc(C(N)=NO)cn1. The van der Waals surface area contributed by atoms with Gasteiger partial charge in [-0.15, -0.1) is 11.8 Å². The molecule has 6 heteroatoms. The number of pyridine rings is 1. The smallest absolute Gasteiger partial charge is 0.171 e. The van der Waals surface area contributed by atoms with Gasteiger partial charge in [0.05, 0.1) is 5.03 Å². The molecule has 5 nitrogen and oxygen atoms in total. The lowest BCUT2D eigenvalue weighted by Gasteiger charge is -2.08. The minimum atomic E-state index is 0.0486. The second-order valence-electron chi connectivity index (χ2n) is 3.31. The Labute approximate surface area is 98.4 Å². The molecule has 0 radical (unpaired) electrons. The second-order valence-corrected chi connectivity index (χ2v) is 4.77.